The molecule has 1 aliphatic heterocycles. The van der Waals surface area contributed by atoms with Gasteiger partial charge in [-0.15, -0.1) is 0 Å². The van der Waals surface area contributed by atoms with E-state index in [0.29, 0.717) is 18.9 Å². The number of rotatable bonds is 6. The van der Waals surface area contributed by atoms with Gasteiger partial charge in [-0.25, -0.2) is 0 Å². The maximum absolute atomic E-state index is 13.5. The fraction of sp³-hybridized carbons (Fsp3) is 0.571. The van der Waals surface area contributed by atoms with Gasteiger partial charge in [-0.05, 0) is 50.2 Å². The predicted octanol–water partition coefficient (Wildman–Crippen LogP) is 3.95. The molecule has 2 saturated carbocycles. The molecule has 35 heavy (non-hydrogen) atoms. The highest BCUT2D eigenvalue weighted by molar-refractivity contribution is 5.99. The van der Waals surface area contributed by atoms with Crippen molar-refractivity contribution in [2.75, 3.05) is 6.54 Å². The van der Waals surface area contributed by atoms with Crippen molar-refractivity contribution in [1.82, 2.24) is 19.8 Å². The molecule has 0 unspecified atom stereocenters. The van der Waals surface area contributed by atoms with E-state index in [9.17, 15) is 14.4 Å². The van der Waals surface area contributed by atoms with Crippen molar-refractivity contribution in [3.05, 3.63) is 63.8 Å². The van der Waals surface area contributed by atoms with Crippen LogP contribution in [0.3, 0.4) is 0 Å². The van der Waals surface area contributed by atoms with Gasteiger partial charge >= 0.3 is 0 Å². The predicted molar refractivity (Wildman–Crippen MR) is 134 cm³/mol. The van der Waals surface area contributed by atoms with E-state index < -0.39 is 5.43 Å². The lowest BCUT2D eigenvalue weighted by Crippen LogP contribution is -2.42. The number of piperidine rings is 1. The summed E-state index contributed by atoms with van der Waals surface area (Å²) in [5, 5.41) is 3.12. The van der Waals surface area contributed by atoms with Gasteiger partial charge in [0.2, 0.25) is 5.43 Å². The minimum absolute atomic E-state index is 0.0725. The number of aromatic nitrogens is 2. The third-order valence-corrected chi connectivity index (χ3v) is 8.02. The molecule has 7 heteroatoms. The van der Waals surface area contributed by atoms with Crippen LogP contribution in [0.5, 0.6) is 0 Å². The highest BCUT2D eigenvalue weighted by Gasteiger charge is 2.41. The maximum atomic E-state index is 13.5. The number of fused-ring (bicyclic) bond motifs is 2. The van der Waals surface area contributed by atoms with E-state index in [4.69, 9.17) is 0 Å². The quantitative estimate of drug-likeness (QED) is 0.684. The highest BCUT2D eigenvalue weighted by Crippen LogP contribution is 2.37. The normalized spacial score (nSPS) is 22.6. The molecule has 7 nitrogen and oxygen atoms in total. The molecule has 2 amide bonds. The number of hydrogen-bond donors (Lipinski definition) is 1. The van der Waals surface area contributed by atoms with Crippen molar-refractivity contribution in [2.24, 2.45) is 5.92 Å². The summed E-state index contributed by atoms with van der Waals surface area (Å²) in [6.45, 7) is 1.25. The second-order valence-electron chi connectivity index (χ2n) is 10.5. The Hall–Kier alpha value is -2.96. The molecule has 0 radical (unpaired) electrons. The van der Waals surface area contributed by atoms with Crippen molar-refractivity contribution in [3.8, 4) is 0 Å². The van der Waals surface area contributed by atoms with Crippen LogP contribution in [-0.2, 0) is 13.0 Å². The van der Waals surface area contributed by atoms with E-state index in [1.807, 2.05) is 27.7 Å². The van der Waals surface area contributed by atoms with E-state index in [1.165, 1.54) is 19.3 Å². The number of nitrogens with zero attached hydrogens (tertiary/aromatic N) is 3. The molecule has 186 valence electrons. The van der Waals surface area contributed by atoms with Crippen molar-refractivity contribution >= 4 is 11.8 Å². The van der Waals surface area contributed by atoms with Crippen LogP contribution in [0.25, 0.3) is 0 Å². The number of carbonyl (C=O) groups excluding carboxylic acids is 2. The molecule has 0 spiro atoms. The summed E-state index contributed by atoms with van der Waals surface area (Å²) in [7, 11) is 0. The summed E-state index contributed by atoms with van der Waals surface area (Å²) in [6.07, 6.45) is 16.6. The third-order valence-electron chi connectivity index (χ3n) is 8.02. The van der Waals surface area contributed by atoms with E-state index in [1.54, 1.807) is 18.6 Å². The van der Waals surface area contributed by atoms with Gasteiger partial charge in [0.05, 0.1) is 0 Å². The summed E-state index contributed by atoms with van der Waals surface area (Å²) in [6, 6.07) is 6.08. The lowest BCUT2D eigenvalue weighted by atomic mass is 9.96. The van der Waals surface area contributed by atoms with Crippen LogP contribution in [0, 0.1) is 5.92 Å². The van der Waals surface area contributed by atoms with Crippen LogP contribution >= 0.6 is 0 Å². The van der Waals surface area contributed by atoms with E-state index in [-0.39, 0.29) is 35.0 Å². The van der Waals surface area contributed by atoms with E-state index in [0.717, 1.165) is 57.2 Å². The molecule has 1 N–H and O–H groups in total. The second kappa shape index (κ2) is 10.8. The van der Waals surface area contributed by atoms with E-state index >= 15 is 0 Å². The van der Waals surface area contributed by atoms with Gasteiger partial charge in [-0.1, -0.05) is 38.2 Å². The Balaban J connectivity index is 1.41. The molecule has 1 saturated heterocycles. The van der Waals surface area contributed by atoms with Crippen LogP contribution in [0.1, 0.15) is 90.6 Å². The average Bonchev–Trinajstić information content (AvgIpc) is 3.49. The largest absolute Gasteiger partial charge is 0.352 e. The fourth-order valence-electron chi connectivity index (χ4n) is 6.06. The van der Waals surface area contributed by atoms with Crippen molar-refractivity contribution in [1.29, 1.82) is 0 Å². The topological polar surface area (TPSA) is 84.3 Å². The van der Waals surface area contributed by atoms with E-state index in [2.05, 4.69) is 10.3 Å². The summed E-state index contributed by atoms with van der Waals surface area (Å²) in [4.78, 5) is 46.5. The zero-order valence-electron chi connectivity index (χ0n) is 20.5. The number of hydrogen-bond acceptors (Lipinski definition) is 4. The average molecular weight is 477 g/mol. The van der Waals surface area contributed by atoms with Crippen molar-refractivity contribution in [3.63, 3.8) is 0 Å². The molecular weight excluding hydrogens is 440 g/mol. The summed E-state index contributed by atoms with van der Waals surface area (Å²) >= 11 is 0. The third kappa shape index (κ3) is 5.49. The Bertz CT molecular complexity index is 1100. The van der Waals surface area contributed by atoms with Crippen molar-refractivity contribution in [2.45, 2.75) is 89.3 Å². The van der Waals surface area contributed by atoms with Gasteiger partial charge in [0.15, 0.2) is 0 Å². The lowest BCUT2D eigenvalue weighted by molar-refractivity contribution is 0.0701. The number of amides is 2. The molecule has 2 bridgehead atoms. The number of aryl methyl sites for hydroxylation is 2. The first kappa shape index (κ1) is 23.8. The number of likely N-dealkylation sites (tertiary alicyclic amines) is 1. The molecular formula is C28H36N4O3. The monoisotopic (exact) mass is 476 g/mol. The molecule has 5 rings (SSSR count). The first-order valence-electron chi connectivity index (χ1n) is 13.3. The lowest BCUT2D eigenvalue weighted by Gasteiger charge is -2.27. The van der Waals surface area contributed by atoms with Gasteiger partial charge in [-0.3, -0.25) is 19.4 Å². The Labute approximate surface area is 206 Å². The highest BCUT2D eigenvalue weighted by atomic mass is 16.2. The molecule has 2 aromatic heterocycles. The first-order chi connectivity index (χ1) is 17.1. The van der Waals surface area contributed by atoms with Crippen LogP contribution < -0.4 is 10.7 Å². The molecule has 2 aliphatic carbocycles. The molecule has 3 fully saturated rings. The molecule has 0 aromatic carbocycles. The van der Waals surface area contributed by atoms with Crippen molar-refractivity contribution < 1.29 is 9.59 Å². The summed E-state index contributed by atoms with van der Waals surface area (Å²) in [5.41, 5.74) is 0.666. The Morgan fingerprint density at radius 2 is 1.74 bits per heavy atom. The minimum atomic E-state index is -0.449. The van der Waals surface area contributed by atoms with Gasteiger partial charge in [-0.2, -0.15) is 0 Å². The Morgan fingerprint density at radius 3 is 2.43 bits per heavy atom. The molecule has 2 atom stereocenters. The number of carbonyl (C=O) groups is 2. The SMILES string of the molecule is O=C(NC1CCCCCCC1)c1cn(CCc2ccccn2)cc(C(=O)N2C[C@@H]3CC[C@H]2C3)c1=O. The maximum Gasteiger partial charge on any atom is 0.259 e. The molecule has 3 heterocycles. The minimum Gasteiger partial charge on any atom is -0.352 e. The summed E-state index contributed by atoms with van der Waals surface area (Å²) in [5.74, 6) is -0.0414. The Kier molecular flexibility index (Phi) is 7.30. The second-order valence-corrected chi connectivity index (χ2v) is 10.5. The van der Waals surface area contributed by atoms with Crippen LogP contribution in [0.2, 0.25) is 0 Å². The molecule has 3 aliphatic rings. The number of pyridine rings is 2. The van der Waals surface area contributed by atoms with Crippen LogP contribution in [0.4, 0.5) is 0 Å². The van der Waals surface area contributed by atoms with Gasteiger partial charge in [0.25, 0.3) is 11.8 Å². The summed E-state index contributed by atoms with van der Waals surface area (Å²) < 4.78 is 1.82. The first-order valence-corrected chi connectivity index (χ1v) is 13.3. The van der Waals surface area contributed by atoms with Gasteiger partial charge < -0.3 is 14.8 Å². The van der Waals surface area contributed by atoms with Crippen LogP contribution in [0.15, 0.2) is 41.6 Å². The van der Waals surface area contributed by atoms with Crippen LogP contribution in [-0.4, -0.2) is 44.9 Å². The molecule has 2 aromatic rings. The fourth-order valence-corrected chi connectivity index (χ4v) is 6.06. The Morgan fingerprint density at radius 1 is 0.971 bits per heavy atom. The zero-order chi connectivity index (χ0) is 24.2. The van der Waals surface area contributed by atoms with Gasteiger partial charge in [0.1, 0.15) is 11.1 Å². The van der Waals surface area contributed by atoms with Gasteiger partial charge in [0, 0.05) is 55.9 Å². The smallest absolute Gasteiger partial charge is 0.259 e. The standard InChI is InChI=1S/C28H36N4O3/c33-26-24(27(34)30-22-9-4-2-1-3-5-10-22)18-31(15-13-21-8-6-7-14-29-21)19-25(26)28(35)32-17-20-11-12-23(32)16-20/h6-8,14,18-20,22-23H,1-5,9-13,15-17H2,(H,30,34)/t20-,23+/m1/s1. The zero-order valence-corrected chi connectivity index (χ0v) is 20.5. The number of nitrogens with one attached hydrogen (secondary N) is 1.